The highest BCUT2D eigenvalue weighted by Crippen LogP contribution is 2.42. The first-order valence-electron chi connectivity index (χ1n) is 7.70. The minimum atomic E-state index is 0.306. The zero-order chi connectivity index (χ0) is 13.0. The minimum Gasteiger partial charge on any atom is -0.378 e. The van der Waals surface area contributed by atoms with E-state index in [1.54, 1.807) is 0 Å². The summed E-state index contributed by atoms with van der Waals surface area (Å²) in [4.78, 5) is 0. The zero-order valence-electron chi connectivity index (χ0n) is 12.3. The maximum Gasteiger partial charge on any atom is 0.0655 e. The first kappa shape index (κ1) is 14.3. The standard InChI is InChI=1S/C15H30N2O/c1-4-18-14-10-13(15(14,2)3)17-9-7-12-6-5-8-16-11-12/h12-14,16-17H,4-11H2,1-3H3. The zero-order valence-corrected chi connectivity index (χ0v) is 12.3. The van der Waals surface area contributed by atoms with Gasteiger partial charge in [0, 0.05) is 18.1 Å². The lowest BCUT2D eigenvalue weighted by Crippen LogP contribution is -2.61. The number of nitrogens with one attached hydrogen (secondary N) is 2. The van der Waals surface area contributed by atoms with Crippen LogP contribution in [0.1, 0.15) is 46.5 Å². The summed E-state index contributed by atoms with van der Waals surface area (Å²) in [6.45, 7) is 11.2. The molecule has 0 aromatic rings. The molecule has 3 heteroatoms. The van der Waals surface area contributed by atoms with E-state index in [-0.39, 0.29) is 0 Å². The third kappa shape index (κ3) is 3.25. The van der Waals surface area contributed by atoms with Crippen LogP contribution in [0, 0.1) is 11.3 Å². The van der Waals surface area contributed by atoms with Gasteiger partial charge in [0.05, 0.1) is 6.10 Å². The van der Waals surface area contributed by atoms with E-state index in [9.17, 15) is 0 Å². The van der Waals surface area contributed by atoms with Crippen LogP contribution < -0.4 is 10.6 Å². The molecule has 106 valence electrons. The van der Waals surface area contributed by atoms with Gasteiger partial charge in [-0.15, -0.1) is 0 Å². The molecule has 3 unspecified atom stereocenters. The fourth-order valence-corrected chi connectivity index (χ4v) is 3.35. The average molecular weight is 254 g/mol. The fourth-order valence-electron chi connectivity index (χ4n) is 3.35. The SMILES string of the molecule is CCOC1CC(NCCC2CCCNC2)C1(C)C. The Hall–Kier alpha value is -0.120. The van der Waals surface area contributed by atoms with Gasteiger partial charge in [0.15, 0.2) is 0 Å². The van der Waals surface area contributed by atoms with Gasteiger partial charge in [-0.2, -0.15) is 0 Å². The summed E-state index contributed by atoms with van der Waals surface area (Å²) in [5, 5.41) is 7.23. The number of rotatable bonds is 6. The molecule has 18 heavy (non-hydrogen) atoms. The van der Waals surface area contributed by atoms with E-state index < -0.39 is 0 Å². The highest BCUT2D eigenvalue weighted by molar-refractivity contribution is 5.02. The molecular weight excluding hydrogens is 224 g/mol. The van der Waals surface area contributed by atoms with E-state index in [4.69, 9.17) is 4.74 Å². The van der Waals surface area contributed by atoms with Crippen LogP contribution in [0.4, 0.5) is 0 Å². The average Bonchev–Trinajstić information content (AvgIpc) is 2.38. The summed E-state index contributed by atoms with van der Waals surface area (Å²) in [5.74, 6) is 0.886. The minimum absolute atomic E-state index is 0.306. The Balaban J connectivity index is 1.62. The summed E-state index contributed by atoms with van der Waals surface area (Å²) >= 11 is 0. The topological polar surface area (TPSA) is 33.3 Å². The molecule has 3 nitrogen and oxygen atoms in total. The van der Waals surface area contributed by atoms with Crippen LogP contribution in [-0.4, -0.2) is 38.4 Å². The molecule has 0 aromatic heterocycles. The van der Waals surface area contributed by atoms with Gasteiger partial charge < -0.3 is 15.4 Å². The van der Waals surface area contributed by atoms with Crippen molar-refractivity contribution in [1.29, 1.82) is 0 Å². The van der Waals surface area contributed by atoms with Crippen LogP contribution in [0.5, 0.6) is 0 Å². The molecule has 1 aliphatic carbocycles. The quantitative estimate of drug-likeness (QED) is 0.762. The van der Waals surface area contributed by atoms with Gasteiger partial charge in [-0.25, -0.2) is 0 Å². The molecule has 0 aromatic carbocycles. The van der Waals surface area contributed by atoms with Gasteiger partial charge in [0.25, 0.3) is 0 Å². The molecular formula is C15H30N2O. The summed E-state index contributed by atoms with van der Waals surface area (Å²) in [5.41, 5.74) is 0.306. The molecule has 1 saturated carbocycles. The van der Waals surface area contributed by atoms with Gasteiger partial charge in [0.2, 0.25) is 0 Å². The second kappa shape index (κ2) is 6.36. The molecule has 0 bridgehead atoms. The number of hydrogen-bond acceptors (Lipinski definition) is 3. The van der Waals surface area contributed by atoms with E-state index in [1.807, 2.05) is 0 Å². The largest absolute Gasteiger partial charge is 0.378 e. The predicted octanol–water partition coefficient (Wildman–Crippen LogP) is 2.17. The van der Waals surface area contributed by atoms with Crippen molar-refractivity contribution >= 4 is 0 Å². The molecule has 1 saturated heterocycles. The van der Waals surface area contributed by atoms with Crippen LogP contribution in [0.15, 0.2) is 0 Å². The number of piperidine rings is 1. The predicted molar refractivity (Wildman–Crippen MR) is 75.8 cm³/mol. The summed E-state index contributed by atoms with van der Waals surface area (Å²) in [6, 6.07) is 0.644. The smallest absolute Gasteiger partial charge is 0.0655 e. The highest BCUT2D eigenvalue weighted by Gasteiger charge is 2.48. The van der Waals surface area contributed by atoms with Gasteiger partial charge >= 0.3 is 0 Å². The Morgan fingerprint density at radius 2 is 2.22 bits per heavy atom. The van der Waals surface area contributed by atoms with Crippen molar-refractivity contribution in [2.24, 2.45) is 11.3 Å². The first-order valence-corrected chi connectivity index (χ1v) is 7.70. The third-order valence-electron chi connectivity index (χ3n) is 4.89. The Morgan fingerprint density at radius 3 is 2.83 bits per heavy atom. The van der Waals surface area contributed by atoms with E-state index >= 15 is 0 Å². The van der Waals surface area contributed by atoms with Gasteiger partial charge in [-0.1, -0.05) is 13.8 Å². The van der Waals surface area contributed by atoms with Crippen molar-refractivity contribution in [2.75, 3.05) is 26.2 Å². The van der Waals surface area contributed by atoms with Crippen LogP contribution in [0.2, 0.25) is 0 Å². The molecule has 1 heterocycles. The van der Waals surface area contributed by atoms with Crippen molar-refractivity contribution < 1.29 is 4.74 Å². The number of hydrogen-bond donors (Lipinski definition) is 2. The fraction of sp³-hybridized carbons (Fsp3) is 1.00. The van der Waals surface area contributed by atoms with E-state index in [0.29, 0.717) is 17.6 Å². The lowest BCUT2D eigenvalue weighted by atomic mass is 9.64. The summed E-state index contributed by atoms with van der Waals surface area (Å²) in [6.07, 6.45) is 5.72. The van der Waals surface area contributed by atoms with Crippen molar-refractivity contribution in [1.82, 2.24) is 10.6 Å². The molecule has 2 aliphatic rings. The van der Waals surface area contributed by atoms with E-state index in [0.717, 1.165) is 12.5 Å². The van der Waals surface area contributed by atoms with Crippen molar-refractivity contribution in [2.45, 2.75) is 58.6 Å². The molecule has 1 aliphatic heterocycles. The maximum absolute atomic E-state index is 5.77. The van der Waals surface area contributed by atoms with Crippen molar-refractivity contribution in [3.8, 4) is 0 Å². The maximum atomic E-state index is 5.77. The Bertz CT molecular complexity index is 249. The van der Waals surface area contributed by atoms with Crippen molar-refractivity contribution in [3.05, 3.63) is 0 Å². The lowest BCUT2D eigenvalue weighted by Gasteiger charge is -2.52. The molecule has 0 radical (unpaired) electrons. The Kier molecular flexibility index (Phi) is 5.05. The molecule has 0 spiro atoms. The first-order chi connectivity index (χ1) is 8.64. The molecule has 2 rings (SSSR count). The van der Waals surface area contributed by atoms with Crippen LogP contribution in [-0.2, 0) is 4.74 Å². The molecule has 2 fully saturated rings. The van der Waals surface area contributed by atoms with Gasteiger partial charge in [-0.05, 0) is 58.2 Å². The second-order valence-electron chi connectivity index (χ2n) is 6.51. The van der Waals surface area contributed by atoms with Crippen LogP contribution in [0.3, 0.4) is 0 Å². The van der Waals surface area contributed by atoms with Crippen LogP contribution in [0.25, 0.3) is 0 Å². The summed E-state index contributed by atoms with van der Waals surface area (Å²) in [7, 11) is 0. The van der Waals surface area contributed by atoms with E-state index in [2.05, 4.69) is 31.4 Å². The number of ether oxygens (including phenoxy) is 1. The normalized spacial score (nSPS) is 35.2. The Morgan fingerprint density at radius 1 is 1.39 bits per heavy atom. The third-order valence-corrected chi connectivity index (χ3v) is 4.89. The Labute approximate surface area is 112 Å². The van der Waals surface area contributed by atoms with E-state index in [1.165, 1.54) is 45.3 Å². The highest BCUT2D eigenvalue weighted by atomic mass is 16.5. The lowest BCUT2D eigenvalue weighted by molar-refractivity contribution is -0.114. The molecule has 3 atom stereocenters. The van der Waals surface area contributed by atoms with Crippen molar-refractivity contribution in [3.63, 3.8) is 0 Å². The van der Waals surface area contributed by atoms with Crippen LogP contribution >= 0.6 is 0 Å². The van der Waals surface area contributed by atoms with Gasteiger partial charge in [0.1, 0.15) is 0 Å². The summed E-state index contributed by atoms with van der Waals surface area (Å²) < 4.78 is 5.77. The van der Waals surface area contributed by atoms with Gasteiger partial charge in [-0.3, -0.25) is 0 Å². The monoisotopic (exact) mass is 254 g/mol. The molecule has 2 N–H and O–H groups in total. The molecule has 0 amide bonds. The second-order valence-corrected chi connectivity index (χ2v) is 6.51.